The number of hydrogen-bond donors (Lipinski definition) is 2. The molecule has 6 nitrogen and oxygen atoms in total. The van der Waals surface area contributed by atoms with Gasteiger partial charge in [0.1, 0.15) is 0 Å². The van der Waals surface area contributed by atoms with Gasteiger partial charge in [0.15, 0.2) is 0 Å². The van der Waals surface area contributed by atoms with E-state index in [9.17, 15) is 9.59 Å². The summed E-state index contributed by atoms with van der Waals surface area (Å²) in [7, 11) is 0. The fourth-order valence-corrected chi connectivity index (χ4v) is 3.13. The van der Waals surface area contributed by atoms with Crippen molar-refractivity contribution in [2.45, 2.75) is 103 Å². The van der Waals surface area contributed by atoms with Crippen molar-refractivity contribution in [2.75, 3.05) is 26.4 Å². The Morgan fingerprint density at radius 1 is 0.467 bits per heavy atom. The molecule has 0 rings (SSSR count). The minimum atomic E-state index is -0.503. The van der Waals surface area contributed by atoms with Crippen LogP contribution in [0.25, 0.3) is 0 Å². The second-order valence-electron chi connectivity index (χ2n) is 7.77. The molecular weight excluding hydrogens is 384 g/mol. The van der Waals surface area contributed by atoms with Crippen molar-refractivity contribution in [3.05, 3.63) is 12.2 Å². The third-order valence-corrected chi connectivity index (χ3v) is 4.95. The van der Waals surface area contributed by atoms with Gasteiger partial charge >= 0.3 is 11.9 Å². The Kier molecular flexibility index (Phi) is 22.8. The van der Waals surface area contributed by atoms with Crippen LogP contribution in [0.4, 0.5) is 0 Å². The molecule has 6 heteroatoms. The van der Waals surface area contributed by atoms with Crippen LogP contribution in [0.2, 0.25) is 0 Å². The van der Waals surface area contributed by atoms with Gasteiger partial charge in [0.2, 0.25) is 0 Å². The van der Waals surface area contributed by atoms with Crippen LogP contribution < -0.4 is 0 Å². The van der Waals surface area contributed by atoms with Crippen LogP contribution >= 0.6 is 0 Å². The van der Waals surface area contributed by atoms with Gasteiger partial charge in [0, 0.05) is 25.4 Å². The minimum Gasteiger partial charge on any atom is -0.463 e. The van der Waals surface area contributed by atoms with Gasteiger partial charge in [-0.3, -0.25) is 0 Å². The molecule has 0 bridgehead atoms. The van der Waals surface area contributed by atoms with Crippen LogP contribution in [0.5, 0.6) is 0 Å². The molecule has 0 aromatic carbocycles. The highest BCUT2D eigenvalue weighted by molar-refractivity contribution is 5.91. The topological polar surface area (TPSA) is 93.1 Å². The normalized spacial score (nSPS) is 11.1. The molecule has 0 heterocycles. The Bertz CT molecular complexity index is 384. The molecule has 0 amide bonds. The van der Waals surface area contributed by atoms with Crippen molar-refractivity contribution in [3.63, 3.8) is 0 Å². The van der Waals surface area contributed by atoms with Crippen molar-refractivity contribution in [1.82, 2.24) is 0 Å². The van der Waals surface area contributed by atoms with Crippen molar-refractivity contribution < 1.29 is 29.3 Å². The highest BCUT2D eigenvalue weighted by Crippen LogP contribution is 2.09. The second-order valence-corrected chi connectivity index (χ2v) is 7.77. The Balaban J connectivity index is 3.41. The van der Waals surface area contributed by atoms with E-state index in [-0.39, 0.29) is 13.2 Å². The van der Waals surface area contributed by atoms with Crippen LogP contribution in [-0.4, -0.2) is 48.6 Å². The van der Waals surface area contributed by atoms with Gasteiger partial charge in [-0.2, -0.15) is 0 Å². The second kappa shape index (κ2) is 23.9. The fourth-order valence-electron chi connectivity index (χ4n) is 3.13. The lowest BCUT2D eigenvalue weighted by molar-refractivity contribution is -0.140. The molecular formula is C24H44O6. The fraction of sp³-hybridized carbons (Fsp3) is 0.833. The summed E-state index contributed by atoms with van der Waals surface area (Å²) in [6.07, 6.45) is 19.3. The Morgan fingerprint density at radius 3 is 1.03 bits per heavy atom. The maximum Gasteiger partial charge on any atom is 0.331 e. The lowest BCUT2D eigenvalue weighted by atomic mass is 10.1. The molecule has 0 aliphatic carbocycles. The maximum atomic E-state index is 11.6. The van der Waals surface area contributed by atoms with Gasteiger partial charge < -0.3 is 19.7 Å². The standard InChI is InChI=1S/C24H44O6/c25-19-13-9-5-1-3-7-11-15-21-29-23(27)17-18-24(28)30-22-16-12-8-4-2-6-10-14-20-26/h17-18,25-26H,1-16,19-22H2/b18-17-. The summed E-state index contributed by atoms with van der Waals surface area (Å²) in [5.74, 6) is -1.01. The lowest BCUT2D eigenvalue weighted by Gasteiger charge is -2.04. The van der Waals surface area contributed by atoms with Crippen LogP contribution in [0, 0.1) is 0 Å². The molecule has 0 radical (unpaired) electrons. The largest absolute Gasteiger partial charge is 0.463 e. The summed E-state index contributed by atoms with van der Waals surface area (Å²) in [5, 5.41) is 17.4. The first-order valence-electron chi connectivity index (χ1n) is 11.9. The average molecular weight is 429 g/mol. The van der Waals surface area contributed by atoms with Gasteiger partial charge in [0.05, 0.1) is 13.2 Å². The Hall–Kier alpha value is -1.40. The molecule has 176 valence electrons. The maximum absolute atomic E-state index is 11.6. The van der Waals surface area contributed by atoms with Crippen molar-refractivity contribution in [2.24, 2.45) is 0 Å². The van der Waals surface area contributed by atoms with Crippen molar-refractivity contribution >= 4 is 11.9 Å². The van der Waals surface area contributed by atoms with Crippen molar-refractivity contribution in [1.29, 1.82) is 0 Å². The number of hydrogen-bond acceptors (Lipinski definition) is 6. The molecule has 0 spiro atoms. The van der Waals surface area contributed by atoms with Gasteiger partial charge in [-0.15, -0.1) is 0 Å². The van der Waals surface area contributed by atoms with Crippen LogP contribution in [0.3, 0.4) is 0 Å². The highest BCUT2D eigenvalue weighted by Gasteiger charge is 2.01. The number of aliphatic hydroxyl groups excluding tert-OH is 2. The number of unbranched alkanes of at least 4 members (excludes halogenated alkanes) is 14. The Morgan fingerprint density at radius 2 is 0.733 bits per heavy atom. The van der Waals surface area contributed by atoms with Crippen LogP contribution in [0.15, 0.2) is 12.2 Å². The van der Waals surface area contributed by atoms with Gasteiger partial charge in [-0.05, 0) is 25.7 Å². The molecule has 0 aliphatic rings. The summed E-state index contributed by atoms with van der Waals surface area (Å²) in [4.78, 5) is 23.1. The predicted octanol–water partition coefficient (Wildman–Crippen LogP) is 4.86. The zero-order chi connectivity index (χ0) is 22.1. The smallest absolute Gasteiger partial charge is 0.331 e. The van der Waals surface area contributed by atoms with E-state index in [4.69, 9.17) is 19.7 Å². The molecule has 0 saturated heterocycles. The average Bonchev–Trinajstić information content (AvgIpc) is 2.75. The number of carbonyl (C=O) groups is 2. The number of ether oxygens (including phenoxy) is 2. The number of aliphatic hydroxyl groups is 2. The third kappa shape index (κ3) is 22.9. The quantitative estimate of drug-likeness (QED) is 0.145. The van der Waals surface area contributed by atoms with E-state index in [1.807, 2.05) is 0 Å². The summed E-state index contributed by atoms with van der Waals surface area (Å²) in [6.45, 7) is 1.32. The number of carbonyl (C=O) groups excluding carboxylic acids is 2. The van der Waals surface area contributed by atoms with E-state index in [1.54, 1.807) is 0 Å². The van der Waals surface area contributed by atoms with E-state index >= 15 is 0 Å². The summed E-state index contributed by atoms with van der Waals surface area (Å²) in [5.41, 5.74) is 0. The zero-order valence-corrected chi connectivity index (χ0v) is 18.8. The summed E-state index contributed by atoms with van der Waals surface area (Å²) >= 11 is 0. The molecule has 0 saturated carbocycles. The van der Waals surface area contributed by atoms with E-state index < -0.39 is 11.9 Å². The van der Waals surface area contributed by atoms with E-state index in [0.717, 1.165) is 76.4 Å². The van der Waals surface area contributed by atoms with Gasteiger partial charge in [-0.25, -0.2) is 9.59 Å². The first-order valence-corrected chi connectivity index (χ1v) is 11.9. The van der Waals surface area contributed by atoms with Crippen LogP contribution in [0.1, 0.15) is 103 Å². The predicted molar refractivity (Wildman–Crippen MR) is 119 cm³/mol. The number of esters is 2. The zero-order valence-electron chi connectivity index (χ0n) is 18.8. The van der Waals surface area contributed by atoms with Gasteiger partial charge in [-0.1, -0.05) is 77.0 Å². The molecule has 0 aliphatic heterocycles. The SMILES string of the molecule is O=C(/C=C\C(=O)OCCCCCCCCCCO)OCCCCCCCCCCO. The summed E-state index contributed by atoms with van der Waals surface area (Å²) in [6, 6.07) is 0. The van der Waals surface area contributed by atoms with E-state index in [0.29, 0.717) is 13.2 Å². The summed E-state index contributed by atoms with van der Waals surface area (Å²) < 4.78 is 10.2. The van der Waals surface area contributed by atoms with E-state index in [1.165, 1.54) is 38.5 Å². The van der Waals surface area contributed by atoms with E-state index in [2.05, 4.69) is 0 Å². The molecule has 0 aromatic heterocycles. The monoisotopic (exact) mass is 428 g/mol. The minimum absolute atomic E-state index is 0.283. The lowest BCUT2D eigenvalue weighted by Crippen LogP contribution is -2.06. The first kappa shape index (κ1) is 28.6. The first-order chi connectivity index (χ1) is 14.7. The molecule has 0 unspecified atom stereocenters. The van der Waals surface area contributed by atoms with Gasteiger partial charge in [0.25, 0.3) is 0 Å². The molecule has 0 aromatic rings. The number of rotatable bonds is 22. The Labute approximate surface area is 183 Å². The molecule has 2 N–H and O–H groups in total. The van der Waals surface area contributed by atoms with Crippen molar-refractivity contribution in [3.8, 4) is 0 Å². The van der Waals surface area contributed by atoms with Crippen LogP contribution in [-0.2, 0) is 19.1 Å². The third-order valence-electron chi connectivity index (χ3n) is 4.95. The molecule has 0 fully saturated rings. The molecule has 30 heavy (non-hydrogen) atoms. The molecule has 0 atom stereocenters. The highest BCUT2D eigenvalue weighted by atomic mass is 16.5.